The van der Waals surface area contributed by atoms with Crippen LogP contribution in [0.2, 0.25) is 0 Å². The number of allylic oxidation sites excluding steroid dienone is 3. The first-order valence-electron chi connectivity index (χ1n) is 12.0. The highest BCUT2D eigenvalue weighted by Gasteiger charge is 2.44. The predicted octanol–water partition coefficient (Wildman–Crippen LogP) is 5.05. The molecule has 2 aliphatic rings. The van der Waals surface area contributed by atoms with Crippen molar-refractivity contribution in [3.8, 4) is 5.75 Å². The van der Waals surface area contributed by atoms with Crippen LogP contribution in [0.3, 0.4) is 0 Å². The SMILES string of the molecule is CCCCOc1ccccc1C1C(C(=O)OCCOCC)=C(C)NC2=C1C(=O)CC(C)(C)C2. The minimum absolute atomic E-state index is 0.0641. The predicted molar refractivity (Wildman–Crippen MR) is 128 cm³/mol. The van der Waals surface area contributed by atoms with Crippen LogP contribution in [0, 0.1) is 5.41 Å². The van der Waals surface area contributed by atoms with Crippen LogP contribution in [0.15, 0.2) is 46.8 Å². The molecule has 0 aromatic heterocycles. The van der Waals surface area contributed by atoms with Gasteiger partial charge in [-0.2, -0.15) is 0 Å². The highest BCUT2D eigenvalue weighted by atomic mass is 16.6. The minimum atomic E-state index is -0.526. The molecule has 180 valence electrons. The van der Waals surface area contributed by atoms with Gasteiger partial charge in [0.1, 0.15) is 12.4 Å². The number of ether oxygens (including phenoxy) is 3. The van der Waals surface area contributed by atoms with Crippen LogP contribution in [0.5, 0.6) is 5.75 Å². The van der Waals surface area contributed by atoms with Gasteiger partial charge in [0.2, 0.25) is 0 Å². The standard InChI is InChI=1S/C27H37NO5/c1-6-8-13-32-22-12-10-9-11-19(22)24-23(26(30)33-15-14-31-7-2)18(3)28-20-16-27(4,5)17-21(29)25(20)24/h9-12,24,28H,6-8,13-17H2,1-5H3. The maximum Gasteiger partial charge on any atom is 0.336 e. The average molecular weight is 456 g/mol. The second-order valence-electron chi connectivity index (χ2n) is 9.50. The van der Waals surface area contributed by atoms with Gasteiger partial charge in [0.05, 0.1) is 24.7 Å². The molecule has 0 bridgehead atoms. The summed E-state index contributed by atoms with van der Waals surface area (Å²) in [5, 5.41) is 3.37. The Morgan fingerprint density at radius 1 is 1.12 bits per heavy atom. The highest BCUT2D eigenvalue weighted by molar-refractivity contribution is 6.04. The van der Waals surface area contributed by atoms with E-state index >= 15 is 0 Å². The van der Waals surface area contributed by atoms with Gasteiger partial charge < -0.3 is 19.5 Å². The van der Waals surface area contributed by atoms with E-state index in [0.29, 0.717) is 48.8 Å². The van der Waals surface area contributed by atoms with Gasteiger partial charge in [-0.15, -0.1) is 0 Å². The number of para-hydroxylation sites is 1. The number of dihydropyridines is 1. The van der Waals surface area contributed by atoms with E-state index in [2.05, 4.69) is 26.1 Å². The maximum atomic E-state index is 13.4. The van der Waals surface area contributed by atoms with E-state index in [4.69, 9.17) is 14.2 Å². The number of hydrogen-bond acceptors (Lipinski definition) is 6. The summed E-state index contributed by atoms with van der Waals surface area (Å²) >= 11 is 0. The van der Waals surface area contributed by atoms with Crippen molar-refractivity contribution in [3.63, 3.8) is 0 Å². The third-order valence-corrected chi connectivity index (χ3v) is 6.11. The van der Waals surface area contributed by atoms with Crippen LogP contribution < -0.4 is 10.1 Å². The fourth-order valence-electron chi connectivity index (χ4n) is 4.61. The number of nitrogens with one attached hydrogen (secondary N) is 1. The van der Waals surface area contributed by atoms with Crippen LogP contribution in [-0.4, -0.2) is 38.2 Å². The third kappa shape index (κ3) is 5.85. The molecule has 1 unspecified atom stereocenters. The summed E-state index contributed by atoms with van der Waals surface area (Å²) in [5.41, 5.74) is 3.42. The quantitative estimate of drug-likeness (QED) is 0.393. The highest BCUT2D eigenvalue weighted by Crippen LogP contribution is 2.48. The lowest BCUT2D eigenvalue weighted by atomic mass is 9.68. The maximum absolute atomic E-state index is 13.4. The van der Waals surface area contributed by atoms with E-state index in [-0.39, 0.29) is 17.8 Å². The van der Waals surface area contributed by atoms with Gasteiger partial charge in [0.25, 0.3) is 0 Å². The molecule has 3 rings (SSSR count). The van der Waals surface area contributed by atoms with Crippen molar-refractivity contribution in [2.45, 2.75) is 66.2 Å². The Hall–Kier alpha value is -2.60. The topological polar surface area (TPSA) is 73.9 Å². The van der Waals surface area contributed by atoms with Crippen LogP contribution in [0.4, 0.5) is 0 Å². The number of esters is 1. The van der Waals surface area contributed by atoms with Gasteiger partial charge in [0, 0.05) is 35.6 Å². The van der Waals surface area contributed by atoms with Crippen LogP contribution in [0.1, 0.15) is 71.8 Å². The molecule has 33 heavy (non-hydrogen) atoms. The van der Waals surface area contributed by atoms with Crippen LogP contribution in [0.25, 0.3) is 0 Å². The van der Waals surface area contributed by atoms with Gasteiger partial charge in [-0.05, 0) is 38.2 Å². The number of carbonyl (C=O) groups is 2. The molecule has 6 heteroatoms. The second-order valence-corrected chi connectivity index (χ2v) is 9.50. The van der Waals surface area contributed by atoms with Crippen molar-refractivity contribution in [2.75, 3.05) is 26.4 Å². The molecule has 0 amide bonds. The van der Waals surface area contributed by atoms with Crippen LogP contribution in [-0.2, 0) is 19.1 Å². The van der Waals surface area contributed by atoms with Crippen molar-refractivity contribution >= 4 is 11.8 Å². The minimum Gasteiger partial charge on any atom is -0.493 e. The first-order valence-corrected chi connectivity index (χ1v) is 12.0. The zero-order chi connectivity index (χ0) is 24.0. The first-order chi connectivity index (χ1) is 15.8. The third-order valence-electron chi connectivity index (χ3n) is 6.11. The summed E-state index contributed by atoms with van der Waals surface area (Å²) < 4.78 is 17.0. The molecule has 6 nitrogen and oxygen atoms in total. The Morgan fingerprint density at radius 2 is 1.88 bits per heavy atom. The van der Waals surface area contributed by atoms with Crippen molar-refractivity contribution in [2.24, 2.45) is 5.41 Å². The van der Waals surface area contributed by atoms with E-state index < -0.39 is 11.9 Å². The number of unbranched alkanes of at least 4 members (excludes halogenated alkanes) is 1. The number of rotatable bonds is 10. The Balaban J connectivity index is 2.05. The molecule has 1 atom stereocenters. The fraction of sp³-hybridized carbons (Fsp3) is 0.556. The molecule has 1 heterocycles. The first kappa shape index (κ1) is 25.0. The summed E-state index contributed by atoms with van der Waals surface area (Å²) in [7, 11) is 0. The molecule has 0 spiro atoms. The van der Waals surface area contributed by atoms with E-state index in [1.807, 2.05) is 38.1 Å². The lowest BCUT2D eigenvalue weighted by molar-refractivity contribution is -0.140. The molecular weight excluding hydrogens is 418 g/mol. The Morgan fingerprint density at radius 3 is 2.61 bits per heavy atom. The van der Waals surface area contributed by atoms with E-state index in [0.717, 1.165) is 30.5 Å². The zero-order valence-corrected chi connectivity index (χ0v) is 20.6. The van der Waals surface area contributed by atoms with Crippen LogP contribution >= 0.6 is 0 Å². The molecule has 1 aliphatic heterocycles. The Bertz CT molecular complexity index is 944. The summed E-state index contributed by atoms with van der Waals surface area (Å²) in [6, 6.07) is 7.71. The number of benzene rings is 1. The number of Topliss-reactive ketones (excluding diaryl/α,β-unsaturated/α-hetero) is 1. The average Bonchev–Trinajstić information content (AvgIpc) is 2.75. The second kappa shape index (κ2) is 11.0. The Kier molecular flexibility index (Phi) is 8.35. The normalized spacial score (nSPS) is 19.8. The largest absolute Gasteiger partial charge is 0.493 e. The molecule has 0 radical (unpaired) electrons. The summed E-state index contributed by atoms with van der Waals surface area (Å²) in [6.45, 7) is 11.7. The Labute approximate surface area is 197 Å². The van der Waals surface area contributed by atoms with Gasteiger partial charge >= 0.3 is 5.97 Å². The zero-order valence-electron chi connectivity index (χ0n) is 20.6. The van der Waals surface area contributed by atoms with Gasteiger partial charge in [-0.25, -0.2) is 4.79 Å². The van der Waals surface area contributed by atoms with Crippen molar-refractivity contribution < 1.29 is 23.8 Å². The van der Waals surface area contributed by atoms with E-state index in [9.17, 15) is 9.59 Å². The van der Waals surface area contributed by atoms with Gasteiger partial charge in [0.15, 0.2) is 5.78 Å². The molecule has 1 aromatic rings. The number of hydrogen-bond donors (Lipinski definition) is 1. The number of ketones is 1. The van der Waals surface area contributed by atoms with Crippen molar-refractivity contribution in [3.05, 3.63) is 52.4 Å². The van der Waals surface area contributed by atoms with E-state index in [1.54, 1.807) is 0 Å². The monoisotopic (exact) mass is 455 g/mol. The van der Waals surface area contributed by atoms with Gasteiger partial charge in [-0.1, -0.05) is 45.4 Å². The molecule has 1 aliphatic carbocycles. The molecule has 1 aromatic carbocycles. The summed E-state index contributed by atoms with van der Waals surface area (Å²) in [6.07, 6.45) is 3.14. The lowest BCUT2D eigenvalue weighted by Crippen LogP contribution is -2.39. The fourth-order valence-corrected chi connectivity index (χ4v) is 4.61. The molecule has 0 saturated carbocycles. The van der Waals surface area contributed by atoms with Crippen molar-refractivity contribution in [1.82, 2.24) is 5.32 Å². The van der Waals surface area contributed by atoms with Gasteiger partial charge in [-0.3, -0.25) is 4.79 Å². The smallest absolute Gasteiger partial charge is 0.336 e. The molecule has 1 N–H and O–H groups in total. The van der Waals surface area contributed by atoms with E-state index in [1.165, 1.54) is 0 Å². The lowest BCUT2D eigenvalue weighted by Gasteiger charge is -2.39. The molecular formula is C27H37NO5. The molecule has 0 fully saturated rings. The summed E-state index contributed by atoms with van der Waals surface area (Å²) in [5.74, 6) is -0.191. The molecule has 0 saturated heterocycles. The summed E-state index contributed by atoms with van der Waals surface area (Å²) in [4.78, 5) is 26.7. The van der Waals surface area contributed by atoms with Crippen molar-refractivity contribution in [1.29, 1.82) is 0 Å². The number of carbonyl (C=O) groups excluding carboxylic acids is 2.